The van der Waals surface area contributed by atoms with E-state index in [4.69, 9.17) is 9.47 Å². The van der Waals surface area contributed by atoms with Crippen LogP contribution in [0.25, 0.3) is 0 Å². The fraction of sp³-hybridized carbons (Fsp3) is 0.525. The third-order valence-corrected chi connectivity index (χ3v) is 11.0. The Hall–Kier alpha value is -4.15. The van der Waals surface area contributed by atoms with Crippen LogP contribution in [-0.2, 0) is 19.1 Å². The average molecular weight is 687 g/mol. The SMILES string of the molecule is C=CCN(C(=O)C1N([C@@H](CO)[C@@H](C)CC)C(=O)[C@@H]2[C@H](C(=O)N(CC=C)c3ccc(OCC)cc3)[C@@H]3CCC12O3)c1ccc(N(CC)CC)cc1. The Balaban J connectivity index is 1.57. The first-order valence-electron chi connectivity index (χ1n) is 18.2. The first-order valence-corrected chi connectivity index (χ1v) is 18.2. The molecule has 2 unspecified atom stereocenters. The summed E-state index contributed by atoms with van der Waals surface area (Å²) in [4.78, 5) is 51.7. The number of fused-ring (bicyclic) bond motifs is 1. The van der Waals surface area contributed by atoms with Gasteiger partial charge in [-0.2, -0.15) is 0 Å². The van der Waals surface area contributed by atoms with Crippen molar-refractivity contribution in [3.63, 3.8) is 0 Å². The van der Waals surface area contributed by atoms with Gasteiger partial charge in [0.15, 0.2) is 0 Å². The van der Waals surface area contributed by atoms with Crippen molar-refractivity contribution < 1.29 is 29.0 Å². The Bertz CT molecular complexity index is 1530. The number of aliphatic hydroxyl groups excluding tert-OH is 1. The van der Waals surface area contributed by atoms with Crippen LogP contribution in [0.5, 0.6) is 5.75 Å². The molecule has 0 saturated carbocycles. The molecule has 3 aliphatic heterocycles. The zero-order chi connectivity index (χ0) is 36.2. The van der Waals surface area contributed by atoms with Gasteiger partial charge in [0, 0.05) is 43.2 Å². The molecule has 0 aromatic heterocycles. The molecule has 0 radical (unpaired) electrons. The highest BCUT2D eigenvalue weighted by molar-refractivity contribution is 6.06. The minimum Gasteiger partial charge on any atom is -0.494 e. The minimum atomic E-state index is -1.22. The molecule has 10 heteroatoms. The zero-order valence-electron chi connectivity index (χ0n) is 30.3. The quantitative estimate of drug-likeness (QED) is 0.221. The predicted octanol–water partition coefficient (Wildman–Crippen LogP) is 5.45. The van der Waals surface area contributed by atoms with Crippen LogP contribution in [0.2, 0.25) is 0 Å². The second kappa shape index (κ2) is 15.8. The standard InChI is InChI=1S/C40H54N4O6/c1-8-24-42(30-18-20-31(21-19-30)49-13-6)37(46)34-33-22-23-40(50-33)35(34)38(47)44(32(26-45)27(7)10-3)36(40)39(48)43(25-9-2)29-16-14-28(15-17-29)41(11-4)12-5/h8-9,14-21,27,32-36,45H,1-2,10-13,22-26H2,3-7H3/t27-,32-,33-,34+,35-,36?,40?/m0/s1. The lowest BCUT2D eigenvalue weighted by Gasteiger charge is -2.41. The van der Waals surface area contributed by atoms with E-state index in [0.29, 0.717) is 43.0 Å². The summed E-state index contributed by atoms with van der Waals surface area (Å²) in [5.41, 5.74) is 1.16. The highest BCUT2D eigenvalue weighted by Crippen LogP contribution is 2.60. The maximum atomic E-state index is 15.1. The lowest BCUT2D eigenvalue weighted by Crippen LogP contribution is -2.60. The maximum Gasteiger partial charge on any atom is 0.253 e. The Morgan fingerprint density at radius 2 is 1.52 bits per heavy atom. The minimum absolute atomic E-state index is 0.108. The summed E-state index contributed by atoms with van der Waals surface area (Å²) in [6.45, 7) is 20.3. The molecule has 2 bridgehead atoms. The number of likely N-dealkylation sites (tertiary alicyclic amines) is 1. The van der Waals surface area contributed by atoms with Crippen LogP contribution in [0, 0.1) is 17.8 Å². The van der Waals surface area contributed by atoms with E-state index < -0.39 is 35.6 Å². The van der Waals surface area contributed by atoms with E-state index in [1.54, 1.807) is 26.9 Å². The van der Waals surface area contributed by atoms with Gasteiger partial charge in [-0.25, -0.2) is 0 Å². The fourth-order valence-corrected chi connectivity index (χ4v) is 8.38. The molecular weight excluding hydrogens is 632 g/mol. The van der Waals surface area contributed by atoms with Crippen LogP contribution in [0.3, 0.4) is 0 Å². The molecular formula is C40H54N4O6. The summed E-state index contributed by atoms with van der Waals surface area (Å²) < 4.78 is 12.4. The van der Waals surface area contributed by atoms with Crippen molar-refractivity contribution >= 4 is 34.8 Å². The Morgan fingerprint density at radius 3 is 2.04 bits per heavy atom. The molecule has 1 N–H and O–H groups in total. The van der Waals surface area contributed by atoms with Gasteiger partial charge in [-0.3, -0.25) is 14.4 Å². The maximum absolute atomic E-state index is 15.1. The molecule has 2 aromatic rings. The van der Waals surface area contributed by atoms with Crippen molar-refractivity contribution in [2.75, 3.05) is 54.1 Å². The molecule has 3 aliphatic rings. The van der Waals surface area contributed by atoms with E-state index in [0.717, 1.165) is 18.8 Å². The second-order valence-electron chi connectivity index (χ2n) is 13.5. The number of nitrogens with zero attached hydrogens (tertiary/aromatic N) is 4. The highest BCUT2D eigenvalue weighted by Gasteiger charge is 2.75. The van der Waals surface area contributed by atoms with Crippen molar-refractivity contribution in [1.29, 1.82) is 0 Å². The van der Waals surface area contributed by atoms with Crippen molar-refractivity contribution in [2.45, 2.75) is 77.7 Å². The van der Waals surface area contributed by atoms with Crippen molar-refractivity contribution in [2.24, 2.45) is 17.8 Å². The van der Waals surface area contributed by atoms with Crippen molar-refractivity contribution in [1.82, 2.24) is 4.90 Å². The Morgan fingerprint density at radius 1 is 0.960 bits per heavy atom. The normalized spacial score (nSPS) is 24.8. The van der Waals surface area contributed by atoms with Crippen LogP contribution in [0.15, 0.2) is 73.8 Å². The van der Waals surface area contributed by atoms with Gasteiger partial charge in [-0.1, -0.05) is 32.4 Å². The van der Waals surface area contributed by atoms with Gasteiger partial charge in [-0.05, 0) is 88.1 Å². The number of anilines is 3. The lowest BCUT2D eigenvalue weighted by molar-refractivity contribution is -0.145. The molecule has 3 amide bonds. The highest BCUT2D eigenvalue weighted by atomic mass is 16.5. The van der Waals surface area contributed by atoms with Gasteiger partial charge in [0.1, 0.15) is 17.4 Å². The van der Waals surface area contributed by atoms with Crippen LogP contribution < -0.4 is 19.4 Å². The number of amides is 3. The first-order chi connectivity index (χ1) is 24.2. The average Bonchev–Trinajstić information content (AvgIpc) is 3.78. The van der Waals surface area contributed by atoms with Crippen LogP contribution in [-0.4, -0.2) is 90.9 Å². The summed E-state index contributed by atoms with van der Waals surface area (Å²) in [6, 6.07) is 13.5. The molecule has 0 aliphatic carbocycles. The van der Waals surface area contributed by atoms with E-state index in [-0.39, 0.29) is 43.3 Å². The van der Waals surface area contributed by atoms with Gasteiger partial charge >= 0.3 is 0 Å². The number of rotatable bonds is 17. The fourth-order valence-electron chi connectivity index (χ4n) is 8.38. The van der Waals surface area contributed by atoms with Gasteiger partial charge in [0.25, 0.3) is 5.91 Å². The van der Waals surface area contributed by atoms with Gasteiger partial charge in [0.05, 0.1) is 37.2 Å². The topological polar surface area (TPSA) is 103 Å². The number of hydrogen-bond acceptors (Lipinski definition) is 7. The van der Waals surface area contributed by atoms with E-state index in [1.165, 1.54) is 0 Å². The number of aliphatic hydroxyl groups is 1. The van der Waals surface area contributed by atoms with Gasteiger partial charge in [-0.15, -0.1) is 13.2 Å². The van der Waals surface area contributed by atoms with E-state index in [2.05, 4.69) is 31.9 Å². The summed E-state index contributed by atoms with van der Waals surface area (Å²) in [5.74, 6) is -1.97. The second-order valence-corrected chi connectivity index (χ2v) is 13.5. The van der Waals surface area contributed by atoms with E-state index in [9.17, 15) is 14.7 Å². The molecule has 3 saturated heterocycles. The monoisotopic (exact) mass is 686 g/mol. The number of carbonyl (C=O) groups is 3. The molecule has 270 valence electrons. The third-order valence-electron chi connectivity index (χ3n) is 11.0. The molecule has 7 atom stereocenters. The summed E-state index contributed by atoms with van der Waals surface area (Å²) in [5, 5.41) is 10.8. The summed E-state index contributed by atoms with van der Waals surface area (Å²) in [6.07, 6.45) is 4.49. The predicted molar refractivity (Wildman–Crippen MR) is 197 cm³/mol. The number of carbonyl (C=O) groups excluding carboxylic acids is 3. The molecule has 50 heavy (non-hydrogen) atoms. The molecule has 5 rings (SSSR count). The van der Waals surface area contributed by atoms with Gasteiger partial charge in [0.2, 0.25) is 11.8 Å². The molecule has 10 nitrogen and oxygen atoms in total. The van der Waals surface area contributed by atoms with Crippen LogP contribution >= 0.6 is 0 Å². The van der Waals surface area contributed by atoms with Gasteiger partial charge < -0.3 is 34.2 Å². The molecule has 2 aromatic carbocycles. The Kier molecular flexibility index (Phi) is 11.7. The Labute approximate surface area is 297 Å². The van der Waals surface area contributed by atoms with Crippen molar-refractivity contribution in [3.05, 3.63) is 73.8 Å². The molecule has 3 fully saturated rings. The molecule has 3 heterocycles. The number of hydrogen-bond donors (Lipinski definition) is 1. The lowest BCUT2D eigenvalue weighted by atomic mass is 9.70. The van der Waals surface area contributed by atoms with Crippen LogP contribution in [0.4, 0.5) is 17.1 Å². The molecule has 1 spiro atoms. The summed E-state index contributed by atoms with van der Waals surface area (Å²) in [7, 11) is 0. The van der Waals surface area contributed by atoms with Crippen LogP contribution in [0.1, 0.15) is 53.9 Å². The third kappa shape index (κ3) is 6.44. The zero-order valence-corrected chi connectivity index (χ0v) is 30.3. The summed E-state index contributed by atoms with van der Waals surface area (Å²) >= 11 is 0. The first kappa shape index (κ1) is 37.1. The number of benzene rings is 2. The van der Waals surface area contributed by atoms with Crippen molar-refractivity contribution in [3.8, 4) is 5.75 Å². The van der Waals surface area contributed by atoms with E-state index >= 15 is 4.79 Å². The number of ether oxygens (including phenoxy) is 2. The largest absolute Gasteiger partial charge is 0.494 e. The van der Waals surface area contributed by atoms with E-state index in [1.807, 2.05) is 69.3 Å². The smallest absolute Gasteiger partial charge is 0.253 e.